The second kappa shape index (κ2) is 7.58. The van der Waals surface area contributed by atoms with Crippen LogP contribution >= 0.6 is 0 Å². The molecule has 0 unspecified atom stereocenters. The Hall–Kier alpha value is -3.21. The van der Waals surface area contributed by atoms with Gasteiger partial charge in [-0.3, -0.25) is 9.98 Å². The van der Waals surface area contributed by atoms with E-state index in [1.165, 1.54) is 5.56 Å². The number of fused-ring (bicyclic) bond motifs is 1. The van der Waals surface area contributed by atoms with Crippen LogP contribution in [0.4, 0.5) is 5.82 Å². The van der Waals surface area contributed by atoms with Gasteiger partial charge in [-0.2, -0.15) is 0 Å². The second-order valence-corrected chi connectivity index (χ2v) is 6.75. The first-order valence-corrected chi connectivity index (χ1v) is 9.13. The number of nitrogens with zero attached hydrogens (tertiary/aromatic N) is 3. The summed E-state index contributed by atoms with van der Waals surface area (Å²) in [6.45, 7) is 5.40. The fourth-order valence-corrected chi connectivity index (χ4v) is 3.11. The molecule has 1 aromatic carbocycles. The van der Waals surface area contributed by atoms with Crippen molar-refractivity contribution in [3.63, 3.8) is 0 Å². The lowest BCUT2D eigenvalue weighted by Crippen LogP contribution is -2.08. The van der Waals surface area contributed by atoms with Crippen molar-refractivity contribution in [1.82, 2.24) is 9.97 Å². The Balaban J connectivity index is 1.55. The summed E-state index contributed by atoms with van der Waals surface area (Å²) in [4.78, 5) is 13.5. The molecule has 0 aliphatic carbocycles. The monoisotopic (exact) mass is 358 g/mol. The molecule has 5 nitrogen and oxygen atoms in total. The van der Waals surface area contributed by atoms with Gasteiger partial charge in [0, 0.05) is 23.5 Å². The first kappa shape index (κ1) is 17.2. The number of aliphatic imine (C=N–C) groups is 1. The molecule has 0 saturated heterocycles. The number of aromatic nitrogens is 2. The Labute approximate surface area is 159 Å². The van der Waals surface area contributed by atoms with Crippen molar-refractivity contribution in [2.24, 2.45) is 4.99 Å². The van der Waals surface area contributed by atoms with E-state index < -0.39 is 0 Å². The maximum Gasteiger partial charge on any atom is 0.126 e. The van der Waals surface area contributed by atoms with E-state index in [-0.39, 0.29) is 6.10 Å². The van der Waals surface area contributed by atoms with Gasteiger partial charge in [0.15, 0.2) is 0 Å². The topological polar surface area (TPSA) is 59.4 Å². The van der Waals surface area contributed by atoms with Crippen molar-refractivity contribution in [2.45, 2.75) is 33.0 Å². The quantitative estimate of drug-likeness (QED) is 0.716. The van der Waals surface area contributed by atoms with Crippen molar-refractivity contribution < 1.29 is 4.74 Å². The predicted molar refractivity (Wildman–Crippen MR) is 107 cm³/mol. The van der Waals surface area contributed by atoms with E-state index in [0.717, 1.165) is 34.1 Å². The summed E-state index contributed by atoms with van der Waals surface area (Å²) < 4.78 is 5.85. The zero-order valence-electron chi connectivity index (χ0n) is 15.5. The number of hydrogen-bond donors (Lipinski definition) is 1. The largest absolute Gasteiger partial charge is 0.491 e. The Bertz CT molecular complexity index is 967. The molecule has 0 spiro atoms. The summed E-state index contributed by atoms with van der Waals surface area (Å²) in [6.07, 6.45) is 3.75. The highest BCUT2D eigenvalue weighted by molar-refractivity contribution is 6.15. The van der Waals surface area contributed by atoms with Crippen molar-refractivity contribution in [2.75, 3.05) is 5.32 Å². The third kappa shape index (κ3) is 3.97. The summed E-state index contributed by atoms with van der Waals surface area (Å²) in [5.74, 6) is 1.68. The molecule has 0 amide bonds. The first-order chi connectivity index (χ1) is 13.2. The fourth-order valence-electron chi connectivity index (χ4n) is 3.11. The predicted octanol–water partition coefficient (Wildman–Crippen LogP) is 4.23. The van der Waals surface area contributed by atoms with E-state index >= 15 is 0 Å². The number of anilines is 1. The lowest BCUT2D eigenvalue weighted by atomic mass is 10.0. The van der Waals surface area contributed by atoms with Crippen molar-refractivity contribution in [3.8, 4) is 5.75 Å². The molecule has 0 atom stereocenters. The van der Waals surface area contributed by atoms with E-state index in [4.69, 9.17) is 9.73 Å². The smallest absolute Gasteiger partial charge is 0.126 e. The number of benzene rings is 1. The molecule has 0 radical (unpaired) electrons. The highest BCUT2D eigenvalue weighted by Gasteiger charge is 2.19. The molecule has 1 aliphatic rings. The molecule has 1 N–H and O–H groups in total. The van der Waals surface area contributed by atoms with Crippen LogP contribution in [0.5, 0.6) is 5.75 Å². The molecule has 0 fully saturated rings. The van der Waals surface area contributed by atoms with E-state index in [0.29, 0.717) is 13.1 Å². The maximum absolute atomic E-state index is 5.85. The summed E-state index contributed by atoms with van der Waals surface area (Å²) in [5, 5.41) is 3.33. The molecule has 4 rings (SSSR count). The Morgan fingerprint density at radius 2 is 1.96 bits per heavy atom. The van der Waals surface area contributed by atoms with Gasteiger partial charge in [-0.1, -0.05) is 12.1 Å². The first-order valence-electron chi connectivity index (χ1n) is 9.13. The molecular formula is C22H22N4O. The lowest BCUT2D eigenvalue weighted by Gasteiger charge is -2.12. The minimum atomic E-state index is 0.146. The van der Waals surface area contributed by atoms with Crippen LogP contribution in [0.15, 0.2) is 65.9 Å². The van der Waals surface area contributed by atoms with E-state index in [1.54, 1.807) is 6.20 Å². The van der Waals surface area contributed by atoms with Crippen LogP contribution in [0.2, 0.25) is 0 Å². The summed E-state index contributed by atoms with van der Waals surface area (Å²) in [6, 6.07) is 16.1. The van der Waals surface area contributed by atoms with E-state index in [2.05, 4.69) is 27.4 Å². The zero-order valence-corrected chi connectivity index (χ0v) is 15.5. The summed E-state index contributed by atoms with van der Waals surface area (Å²) >= 11 is 0. The summed E-state index contributed by atoms with van der Waals surface area (Å²) in [5.41, 5.74) is 5.37. The SMILES string of the molecule is CC(C)Oc1ccc2c(c1)C(c1ccnc(NCc3ccccn3)c1)=NC2. The number of pyridine rings is 2. The molecule has 136 valence electrons. The molecule has 27 heavy (non-hydrogen) atoms. The Morgan fingerprint density at radius 3 is 2.78 bits per heavy atom. The molecule has 0 saturated carbocycles. The second-order valence-electron chi connectivity index (χ2n) is 6.75. The van der Waals surface area contributed by atoms with Crippen LogP contribution < -0.4 is 10.1 Å². The van der Waals surface area contributed by atoms with Gasteiger partial charge in [-0.15, -0.1) is 0 Å². The van der Waals surface area contributed by atoms with Gasteiger partial charge in [-0.25, -0.2) is 4.98 Å². The Morgan fingerprint density at radius 1 is 1.04 bits per heavy atom. The maximum atomic E-state index is 5.85. The average molecular weight is 358 g/mol. The van der Waals surface area contributed by atoms with Gasteiger partial charge in [-0.05, 0) is 55.8 Å². The van der Waals surface area contributed by atoms with Crippen molar-refractivity contribution >= 4 is 11.5 Å². The van der Waals surface area contributed by atoms with Gasteiger partial charge in [0.2, 0.25) is 0 Å². The van der Waals surface area contributed by atoms with Gasteiger partial charge in [0.25, 0.3) is 0 Å². The standard InChI is InChI=1S/C22H22N4O/c1-15(2)27-19-7-6-17-13-26-22(20(17)12-19)16-8-10-24-21(11-16)25-14-18-5-3-4-9-23-18/h3-12,15H,13-14H2,1-2H3,(H,24,25). The molecule has 2 aromatic heterocycles. The molecule has 0 bridgehead atoms. The minimum Gasteiger partial charge on any atom is -0.491 e. The van der Waals surface area contributed by atoms with Gasteiger partial charge < -0.3 is 10.1 Å². The van der Waals surface area contributed by atoms with E-state index in [1.807, 2.05) is 56.4 Å². The van der Waals surface area contributed by atoms with Crippen LogP contribution in [0, 0.1) is 0 Å². The molecule has 5 heteroatoms. The van der Waals surface area contributed by atoms with Crippen molar-refractivity contribution in [1.29, 1.82) is 0 Å². The van der Waals surface area contributed by atoms with Crippen LogP contribution in [0.1, 0.15) is 36.2 Å². The number of hydrogen-bond acceptors (Lipinski definition) is 5. The van der Waals surface area contributed by atoms with Crippen LogP contribution in [-0.2, 0) is 13.1 Å². The van der Waals surface area contributed by atoms with Crippen molar-refractivity contribution in [3.05, 3.63) is 83.3 Å². The van der Waals surface area contributed by atoms with Crippen LogP contribution in [-0.4, -0.2) is 21.8 Å². The normalized spacial score (nSPS) is 12.6. The van der Waals surface area contributed by atoms with E-state index in [9.17, 15) is 0 Å². The minimum absolute atomic E-state index is 0.146. The molecule has 1 aliphatic heterocycles. The highest BCUT2D eigenvalue weighted by atomic mass is 16.5. The fraction of sp³-hybridized carbons (Fsp3) is 0.227. The van der Waals surface area contributed by atoms with Crippen LogP contribution in [0.25, 0.3) is 0 Å². The third-order valence-corrected chi connectivity index (χ3v) is 4.33. The number of nitrogens with one attached hydrogen (secondary N) is 1. The van der Waals surface area contributed by atoms with Gasteiger partial charge >= 0.3 is 0 Å². The van der Waals surface area contributed by atoms with Gasteiger partial charge in [0.05, 0.1) is 30.6 Å². The lowest BCUT2D eigenvalue weighted by molar-refractivity contribution is 0.242. The number of ether oxygens (including phenoxy) is 1. The Kier molecular flexibility index (Phi) is 4.83. The average Bonchev–Trinajstić information content (AvgIpc) is 3.10. The van der Waals surface area contributed by atoms with Gasteiger partial charge in [0.1, 0.15) is 11.6 Å². The molecule has 3 aromatic rings. The molecule has 3 heterocycles. The highest BCUT2D eigenvalue weighted by Crippen LogP contribution is 2.28. The zero-order chi connectivity index (χ0) is 18.6. The number of rotatable bonds is 6. The molecular weight excluding hydrogens is 336 g/mol. The summed E-state index contributed by atoms with van der Waals surface area (Å²) in [7, 11) is 0. The third-order valence-electron chi connectivity index (χ3n) is 4.33. The van der Waals surface area contributed by atoms with Crippen LogP contribution in [0.3, 0.4) is 0 Å².